The van der Waals surface area contributed by atoms with Crippen LogP contribution in [0.15, 0.2) is 24.3 Å². The Morgan fingerprint density at radius 1 is 1.33 bits per heavy atom. The van der Waals surface area contributed by atoms with Gasteiger partial charge in [-0.2, -0.15) is 0 Å². The van der Waals surface area contributed by atoms with Gasteiger partial charge in [0.2, 0.25) is 5.91 Å². The van der Waals surface area contributed by atoms with Gasteiger partial charge in [0.15, 0.2) is 0 Å². The normalized spacial score (nSPS) is 27.4. The lowest BCUT2D eigenvalue weighted by Gasteiger charge is -2.37. The predicted molar refractivity (Wildman–Crippen MR) is 88.1 cm³/mol. The van der Waals surface area contributed by atoms with E-state index in [4.69, 9.17) is 9.47 Å². The molecule has 0 aliphatic carbocycles. The van der Waals surface area contributed by atoms with E-state index in [-0.39, 0.29) is 30.0 Å². The molecule has 2 aliphatic heterocycles. The number of carbonyl (C=O) groups excluding carboxylic acids is 1. The molecule has 0 bridgehead atoms. The molecule has 1 N–H and O–H groups in total. The van der Waals surface area contributed by atoms with Gasteiger partial charge in [-0.1, -0.05) is 12.1 Å². The average Bonchev–Trinajstić information content (AvgIpc) is 3.08. The van der Waals surface area contributed by atoms with E-state index >= 15 is 0 Å². The number of hydrogen-bond donors (Lipinski definition) is 1. The number of nitrogens with zero attached hydrogens (tertiary/aromatic N) is 1. The second-order valence-corrected chi connectivity index (χ2v) is 6.55. The number of ether oxygens (including phenoxy) is 2. The third-order valence-electron chi connectivity index (χ3n) is 4.53. The molecule has 2 saturated heterocycles. The van der Waals surface area contributed by atoms with Gasteiger partial charge in [0, 0.05) is 19.7 Å². The third kappa shape index (κ3) is 4.53. The minimum Gasteiger partial charge on any atom is -0.377 e. The van der Waals surface area contributed by atoms with Crippen molar-refractivity contribution in [2.75, 3.05) is 32.8 Å². The number of halogens is 1. The quantitative estimate of drug-likeness (QED) is 0.892. The standard InChI is InChI=1S/C18H25FN2O3/c1-13-11-21(18(22)10-20-9-16-3-2-8-23-16)12-17(24-13)14-4-6-15(19)7-5-14/h4-7,13,16-17,20H,2-3,8-12H2,1H3/t13-,16-,17-/m1/s1. The van der Waals surface area contributed by atoms with Crippen molar-refractivity contribution < 1.29 is 18.7 Å². The molecule has 2 fully saturated rings. The van der Waals surface area contributed by atoms with Crippen molar-refractivity contribution in [3.63, 3.8) is 0 Å². The average molecular weight is 336 g/mol. The summed E-state index contributed by atoms with van der Waals surface area (Å²) >= 11 is 0. The summed E-state index contributed by atoms with van der Waals surface area (Å²) in [5.41, 5.74) is 0.896. The number of amides is 1. The Balaban J connectivity index is 1.52. The largest absolute Gasteiger partial charge is 0.377 e. The van der Waals surface area contributed by atoms with E-state index in [0.717, 1.165) is 25.0 Å². The lowest BCUT2D eigenvalue weighted by Crippen LogP contribution is -2.49. The van der Waals surface area contributed by atoms with Gasteiger partial charge in [0.1, 0.15) is 11.9 Å². The van der Waals surface area contributed by atoms with Crippen LogP contribution in [-0.4, -0.2) is 55.8 Å². The molecular weight excluding hydrogens is 311 g/mol. The maximum atomic E-state index is 13.1. The van der Waals surface area contributed by atoms with Gasteiger partial charge in [-0.05, 0) is 37.5 Å². The number of rotatable bonds is 5. The van der Waals surface area contributed by atoms with Crippen molar-refractivity contribution in [1.29, 1.82) is 0 Å². The molecule has 5 nitrogen and oxygen atoms in total. The topological polar surface area (TPSA) is 50.8 Å². The van der Waals surface area contributed by atoms with E-state index in [1.807, 2.05) is 11.8 Å². The van der Waals surface area contributed by atoms with Crippen LogP contribution in [0.1, 0.15) is 31.4 Å². The minimum atomic E-state index is -0.270. The Bertz CT molecular complexity index is 546. The molecule has 0 unspecified atom stereocenters. The molecule has 24 heavy (non-hydrogen) atoms. The Labute approximate surface area is 142 Å². The van der Waals surface area contributed by atoms with Crippen molar-refractivity contribution in [2.24, 2.45) is 0 Å². The highest BCUT2D eigenvalue weighted by molar-refractivity contribution is 5.78. The first kappa shape index (κ1) is 17.3. The van der Waals surface area contributed by atoms with Gasteiger partial charge in [-0.25, -0.2) is 4.39 Å². The first-order valence-electron chi connectivity index (χ1n) is 8.63. The molecule has 1 amide bonds. The highest BCUT2D eigenvalue weighted by Crippen LogP contribution is 2.25. The smallest absolute Gasteiger partial charge is 0.236 e. The van der Waals surface area contributed by atoms with Crippen LogP contribution in [-0.2, 0) is 14.3 Å². The molecule has 2 heterocycles. The summed E-state index contributed by atoms with van der Waals surface area (Å²) in [6.07, 6.45) is 2.13. The maximum Gasteiger partial charge on any atom is 0.236 e. The zero-order valence-electron chi connectivity index (χ0n) is 14.0. The summed E-state index contributed by atoms with van der Waals surface area (Å²) in [7, 11) is 0. The molecule has 3 atom stereocenters. The number of nitrogens with one attached hydrogen (secondary N) is 1. The van der Waals surface area contributed by atoms with Crippen LogP contribution in [0.4, 0.5) is 4.39 Å². The first-order valence-corrected chi connectivity index (χ1v) is 8.63. The fourth-order valence-corrected chi connectivity index (χ4v) is 3.27. The predicted octanol–water partition coefficient (Wildman–Crippen LogP) is 1.88. The summed E-state index contributed by atoms with van der Waals surface area (Å²) in [5.74, 6) is -0.205. The summed E-state index contributed by atoms with van der Waals surface area (Å²) in [6.45, 7) is 4.88. The Morgan fingerprint density at radius 2 is 2.12 bits per heavy atom. The SMILES string of the molecule is C[C@@H]1CN(C(=O)CNC[C@H]2CCCO2)C[C@H](c2ccc(F)cc2)O1. The Morgan fingerprint density at radius 3 is 2.83 bits per heavy atom. The number of morpholine rings is 1. The summed E-state index contributed by atoms with van der Waals surface area (Å²) in [5, 5.41) is 3.19. The van der Waals surface area contributed by atoms with Crippen molar-refractivity contribution in [1.82, 2.24) is 10.2 Å². The number of hydrogen-bond acceptors (Lipinski definition) is 4. The third-order valence-corrected chi connectivity index (χ3v) is 4.53. The Hall–Kier alpha value is -1.50. The molecule has 1 aromatic carbocycles. The highest BCUT2D eigenvalue weighted by atomic mass is 19.1. The molecular formula is C18H25FN2O3. The maximum absolute atomic E-state index is 13.1. The first-order chi connectivity index (χ1) is 11.6. The van der Waals surface area contributed by atoms with Crippen molar-refractivity contribution in [3.05, 3.63) is 35.6 Å². The van der Waals surface area contributed by atoms with Gasteiger partial charge >= 0.3 is 0 Å². The number of benzene rings is 1. The van der Waals surface area contributed by atoms with Crippen LogP contribution in [0.25, 0.3) is 0 Å². The highest BCUT2D eigenvalue weighted by Gasteiger charge is 2.29. The van der Waals surface area contributed by atoms with Gasteiger partial charge in [0.25, 0.3) is 0 Å². The van der Waals surface area contributed by atoms with Crippen LogP contribution in [0, 0.1) is 5.82 Å². The van der Waals surface area contributed by atoms with Gasteiger partial charge < -0.3 is 19.7 Å². The van der Waals surface area contributed by atoms with Crippen molar-refractivity contribution >= 4 is 5.91 Å². The molecule has 6 heteroatoms. The molecule has 0 aromatic heterocycles. The molecule has 0 saturated carbocycles. The van der Waals surface area contributed by atoms with E-state index in [1.54, 1.807) is 12.1 Å². The van der Waals surface area contributed by atoms with E-state index in [2.05, 4.69) is 5.32 Å². The molecule has 3 rings (SSSR count). The van der Waals surface area contributed by atoms with Gasteiger partial charge in [0.05, 0.1) is 25.3 Å². The summed E-state index contributed by atoms with van der Waals surface area (Å²) in [6, 6.07) is 6.29. The fraction of sp³-hybridized carbons (Fsp3) is 0.611. The molecule has 0 radical (unpaired) electrons. The van der Waals surface area contributed by atoms with E-state index in [1.165, 1.54) is 12.1 Å². The van der Waals surface area contributed by atoms with Crippen LogP contribution in [0.2, 0.25) is 0 Å². The summed E-state index contributed by atoms with van der Waals surface area (Å²) < 4.78 is 24.5. The van der Waals surface area contributed by atoms with E-state index < -0.39 is 0 Å². The van der Waals surface area contributed by atoms with Crippen LogP contribution < -0.4 is 5.32 Å². The van der Waals surface area contributed by atoms with Gasteiger partial charge in [-0.15, -0.1) is 0 Å². The van der Waals surface area contributed by atoms with Crippen molar-refractivity contribution in [2.45, 2.75) is 38.1 Å². The van der Waals surface area contributed by atoms with E-state index in [0.29, 0.717) is 26.2 Å². The monoisotopic (exact) mass is 336 g/mol. The van der Waals surface area contributed by atoms with Crippen LogP contribution in [0.3, 0.4) is 0 Å². The van der Waals surface area contributed by atoms with Crippen LogP contribution >= 0.6 is 0 Å². The lowest BCUT2D eigenvalue weighted by molar-refractivity contribution is -0.144. The Kier molecular flexibility index (Phi) is 5.81. The van der Waals surface area contributed by atoms with Crippen LogP contribution in [0.5, 0.6) is 0 Å². The minimum absolute atomic E-state index is 0.0454. The molecule has 0 spiro atoms. The fourth-order valence-electron chi connectivity index (χ4n) is 3.27. The van der Waals surface area contributed by atoms with Gasteiger partial charge in [-0.3, -0.25) is 4.79 Å². The molecule has 1 aromatic rings. The van der Waals surface area contributed by atoms with Crippen molar-refractivity contribution in [3.8, 4) is 0 Å². The second-order valence-electron chi connectivity index (χ2n) is 6.55. The molecule has 2 aliphatic rings. The summed E-state index contributed by atoms with van der Waals surface area (Å²) in [4.78, 5) is 14.3. The second kappa shape index (κ2) is 8.05. The number of carbonyl (C=O) groups is 1. The zero-order valence-corrected chi connectivity index (χ0v) is 14.0. The lowest BCUT2D eigenvalue weighted by atomic mass is 10.1. The zero-order chi connectivity index (χ0) is 16.9. The van der Waals surface area contributed by atoms with E-state index in [9.17, 15) is 9.18 Å². The molecule has 132 valence electrons.